The Hall–Kier alpha value is -0.890. The van der Waals surface area contributed by atoms with Gasteiger partial charge < -0.3 is 5.73 Å². The number of hydrogen-bond donors (Lipinski definition) is 1. The van der Waals surface area contributed by atoms with Gasteiger partial charge in [-0.25, -0.2) is 4.39 Å². The second-order valence-corrected chi connectivity index (χ2v) is 4.20. The largest absolute Gasteiger partial charge is 0.330 e. The van der Waals surface area contributed by atoms with Crippen molar-refractivity contribution in [3.63, 3.8) is 0 Å². The molecule has 0 aromatic heterocycles. The molecule has 2 heteroatoms. The van der Waals surface area contributed by atoms with Gasteiger partial charge in [-0.3, -0.25) is 0 Å². The van der Waals surface area contributed by atoms with Gasteiger partial charge >= 0.3 is 0 Å². The van der Waals surface area contributed by atoms with Crippen molar-refractivity contribution in [2.45, 2.75) is 25.7 Å². The number of halogens is 1. The molecule has 0 spiro atoms. The van der Waals surface area contributed by atoms with Gasteiger partial charge in [0.1, 0.15) is 5.82 Å². The SMILES string of the molecule is CC(CN)C1CCc2ccc(F)cc21. The Balaban J connectivity index is 2.33. The number of benzene rings is 1. The van der Waals surface area contributed by atoms with Crippen LogP contribution in [0.2, 0.25) is 0 Å². The summed E-state index contributed by atoms with van der Waals surface area (Å²) in [5.41, 5.74) is 8.14. The van der Waals surface area contributed by atoms with Crippen LogP contribution in [0.3, 0.4) is 0 Å². The molecule has 0 bridgehead atoms. The lowest BCUT2D eigenvalue weighted by Crippen LogP contribution is -2.17. The minimum absolute atomic E-state index is 0.125. The molecular formula is C12H16FN. The van der Waals surface area contributed by atoms with Crippen molar-refractivity contribution in [1.29, 1.82) is 0 Å². The highest BCUT2D eigenvalue weighted by Crippen LogP contribution is 2.38. The van der Waals surface area contributed by atoms with Crippen molar-refractivity contribution in [1.82, 2.24) is 0 Å². The van der Waals surface area contributed by atoms with Gasteiger partial charge in [0, 0.05) is 0 Å². The van der Waals surface area contributed by atoms with Crippen LogP contribution in [0, 0.1) is 11.7 Å². The number of rotatable bonds is 2. The number of aryl methyl sites for hydroxylation is 1. The van der Waals surface area contributed by atoms with Crippen LogP contribution in [0.15, 0.2) is 18.2 Å². The highest BCUT2D eigenvalue weighted by Gasteiger charge is 2.26. The lowest BCUT2D eigenvalue weighted by atomic mass is 9.89. The summed E-state index contributed by atoms with van der Waals surface area (Å²) in [6.45, 7) is 2.82. The first kappa shape index (κ1) is 9.66. The van der Waals surface area contributed by atoms with E-state index in [1.165, 1.54) is 11.1 Å². The van der Waals surface area contributed by atoms with E-state index in [-0.39, 0.29) is 5.82 Å². The van der Waals surface area contributed by atoms with Gasteiger partial charge in [0.05, 0.1) is 0 Å². The van der Waals surface area contributed by atoms with Crippen LogP contribution < -0.4 is 5.73 Å². The second-order valence-electron chi connectivity index (χ2n) is 4.20. The third-order valence-electron chi connectivity index (χ3n) is 3.29. The summed E-state index contributed by atoms with van der Waals surface area (Å²) in [6, 6.07) is 5.14. The molecule has 0 aliphatic heterocycles. The molecule has 1 aliphatic rings. The Morgan fingerprint density at radius 2 is 2.36 bits per heavy atom. The quantitative estimate of drug-likeness (QED) is 0.767. The Bertz CT molecular complexity index is 335. The van der Waals surface area contributed by atoms with Crippen LogP contribution in [0.5, 0.6) is 0 Å². The average molecular weight is 193 g/mol. The topological polar surface area (TPSA) is 26.0 Å². The molecule has 0 saturated carbocycles. The molecule has 1 nitrogen and oxygen atoms in total. The van der Waals surface area contributed by atoms with Crippen LogP contribution in [0.25, 0.3) is 0 Å². The van der Waals surface area contributed by atoms with Gasteiger partial charge in [0.25, 0.3) is 0 Å². The molecular weight excluding hydrogens is 177 g/mol. The van der Waals surface area contributed by atoms with E-state index in [2.05, 4.69) is 6.92 Å². The summed E-state index contributed by atoms with van der Waals surface area (Å²) in [5, 5.41) is 0. The molecule has 0 saturated heterocycles. The highest BCUT2D eigenvalue weighted by atomic mass is 19.1. The first-order valence-electron chi connectivity index (χ1n) is 5.20. The molecule has 1 aromatic rings. The van der Waals surface area contributed by atoms with Gasteiger partial charge in [-0.1, -0.05) is 13.0 Å². The first-order valence-corrected chi connectivity index (χ1v) is 5.20. The summed E-state index contributed by atoms with van der Waals surface area (Å²) in [5.74, 6) is 0.795. The minimum atomic E-state index is -0.125. The van der Waals surface area contributed by atoms with E-state index in [0.717, 1.165) is 12.8 Å². The van der Waals surface area contributed by atoms with Crippen molar-refractivity contribution in [3.8, 4) is 0 Å². The van der Waals surface area contributed by atoms with E-state index >= 15 is 0 Å². The minimum Gasteiger partial charge on any atom is -0.330 e. The number of hydrogen-bond acceptors (Lipinski definition) is 1. The molecule has 2 N–H and O–H groups in total. The predicted octanol–water partition coefficient (Wildman–Crippen LogP) is 2.45. The van der Waals surface area contributed by atoms with E-state index in [9.17, 15) is 4.39 Å². The summed E-state index contributed by atoms with van der Waals surface area (Å²) in [6.07, 6.45) is 2.20. The Kier molecular flexibility index (Phi) is 2.55. The molecule has 0 fully saturated rings. The second kappa shape index (κ2) is 3.70. The fourth-order valence-electron chi connectivity index (χ4n) is 2.36. The van der Waals surface area contributed by atoms with Gasteiger partial charge in [0.2, 0.25) is 0 Å². The molecule has 1 aromatic carbocycles. The zero-order valence-corrected chi connectivity index (χ0v) is 8.46. The van der Waals surface area contributed by atoms with E-state index in [1.54, 1.807) is 12.1 Å². The third kappa shape index (κ3) is 1.55. The van der Waals surface area contributed by atoms with Gasteiger partial charge in [0.15, 0.2) is 0 Å². The molecule has 0 heterocycles. The summed E-state index contributed by atoms with van der Waals surface area (Å²) in [4.78, 5) is 0. The third-order valence-corrected chi connectivity index (χ3v) is 3.29. The first-order chi connectivity index (χ1) is 6.72. The zero-order chi connectivity index (χ0) is 10.1. The maximum atomic E-state index is 13.1. The average Bonchev–Trinajstić information content (AvgIpc) is 2.59. The molecule has 0 radical (unpaired) electrons. The van der Waals surface area contributed by atoms with E-state index in [0.29, 0.717) is 18.4 Å². The summed E-state index contributed by atoms with van der Waals surface area (Å²) >= 11 is 0. The lowest BCUT2D eigenvalue weighted by molar-refractivity contribution is 0.464. The van der Waals surface area contributed by atoms with Gasteiger partial charge in [-0.2, -0.15) is 0 Å². The summed E-state index contributed by atoms with van der Waals surface area (Å²) < 4.78 is 13.1. The Morgan fingerprint density at radius 3 is 3.07 bits per heavy atom. The van der Waals surface area contributed by atoms with Crippen molar-refractivity contribution >= 4 is 0 Å². The van der Waals surface area contributed by atoms with Gasteiger partial charge in [-0.05, 0) is 54.5 Å². The molecule has 2 rings (SSSR count). The van der Waals surface area contributed by atoms with Crippen LogP contribution >= 0.6 is 0 Å². The smallest absolute Gasteiger partial charge is 0.123 e. The van der Waals surface area contributed by atoms with Gasteiger partial charge in [-0.15, -0.1) is 0 Å². The van der Waals surface area contributed by atoms with Crippen molar-refractivity contribution in [2.75, 3.05) is 6.54 Å². The fraction of sp³-hybridized carbons (Fsp3) is 0.500. The number of nitrogens with two attached hydrogens (primary N) is 1. The maximum Gasteiger partial charge on any atom is 0.123 e. The molecule has 1 aliphatic carbocycles. The molecule has 76 valence electrons. The van der Waals surface area contributed by atoms with E-state index in [4.69, 9.17) is 5.73 Å². The highest BCUT2D eigenvalue weighted by molar-refractivity contribution is 5.35. The van der Waals surface area contributed by atoms with Crippen LogP contribution in [0.4, 0.5) is 4.39 Å². The standard InChI is InChI=1S/C12H16FN/c1-8(7-14)11-5-3-9-2-4-10(13)6-12(9)11/h2,4,6,8,11H,3,5,7,14H2,1H3. The monoisotopic (exact) mass is 193 g/mol. The maximum absolute atomic E-state index is 13.1. The zero-order valence-electron chi connectivity index (χ0n) is 8.46. The molecule has 2 atom stereocenters. The predicted molar refractivity (Wildman–Crippen MR) is 55.7 cm³/mol. The van der Waals surface area contributed by atoms with E-state index in [1.807, 2.05) is 6.07 Å². The van der Waals surface area contributed by atoms with Crippen molar-refractivity contribution in [3.05, 3.63) is 35.1 Å². The Morgan fingerprint density at radius 1 is 1.57 bits per heavy atom. The van der Waals surface area contributed by atoms with Crippen molar-refractivity contribution < 1.29 is 4.39 Å². The van der Waals surface area contributed by atoms with Crippen LogP contribution in [0.1, 0.15) is 30.4 Å². The Labute approximate surface area is 84.1 Å². The van der Waals surface area contributed by atoms with Crippen molar-refractivity contribution in [2.24, 2.45) is 11.7 Å². The van der Waals surface area contributed by atoms with Crippen LogP contribution in [-0.2, 0) is 6.42 Å². The summed E-state index contributed by atoms with van der Waals surface area (Å²) in [7, 11) is 0. The van der Waals surface area contributed by atoms with Crippen LogP contribution in [-0.4, -0.2) is 6.54 Å². The molecule has 0 amide bonds. The molecule has 14 heavy (non-hydrogen) atoms. The van der Waals surface area contributed by atoms with E-state index < -0.39 is 0 Å². The fourth-order valence-corrected chi connectivity index (χ4v) is 2.36. The number of fused-ring (bicyclic) bond motifs is 1. The molecule has 2 unspecified atom stereocenters. The normalized spacial score (nSPS) is 22.1. The lowest BCUT2D eigenvalue weighted by Gasteiger charge is -2.18.